The molecule has 170 valence electrons. The van der Waals surface area contributed by atoms with Crippen LogP contribution in [0.1, 0.15) is 21.5 Å². The highest BCUT2D eigenvalue weighted by Gasteiger charge is 2.13. The van der Waals surface area contributed by atoms with Crippen molar-refractivity contribution in [3.8, 4) is 22.5 Å². The molecule has 0 spiro atoms. The lowest BCUT2D eigenvalue weighted by molar-refractivity contribution is -0.116. The van der Waals surface area contributed by atoms with Crippen LogP contribution in [-0.2, 0) is 17.9 Å². The summed E-state index contributed by atoms with van der Waals surface area (Å²) in [7, 11) is 0. The van der Waals surface area contributed by atoms with Gasteiger partial charge in [0.05, 0.1) is 17.9 Å². The minimum absolute atomic E-state index is 0.240. The molecule has 0 bridgehead atoms. The van der Waals surface area contributed by atoms with E-state index in [-0.39, 0.29) is 18.3 Å². The third-order valence-corrected chi connectivity index (χ3v) is 5.24. The molecule has 0 saturated heterocycles. The highest BCUT2D eigenvalue weighted by Crippen LogP contribution is 2.27. The fraction of sp³-hybridized carbons (Fsp3) is 0.0769. The fourth-order valence-electron chi connectivity index (χ4n) is 3.50. The van der Waals surface area contributed by atoms with E-state index in [9.17, 15) is 14.0 Å². The molecule has 0 radical (unpaired) electrons. The number of amides is 2. The average molecular weight is 455 g/mol. The van der Waals surface area contributed by atoms with Crippen molar-refractivity contribution in [3.63, 3.8) is 0 Å². The predicted octanol–water partition coefficient (Wildman–Crippen LogP) is 3.70. The molecule has 0 aliphatic rings. The second kappa shape index (κ2) is 9.91. The molecule has 0 fully saturated rings. The molecule has 0 saturated carbocycles. The number of carbonyl (C=O) groups is 2. The highest BCUT2D eigenvalue weighted by atomic mass is 19.1. The lowest BCUT2D eigenvalue weighted by Gasteiger charge is -2.11. The number of halogens is 1. The first-order valence-electron chi connectivity index (χ1n) is 10.5. The van der Waals surface area contributed by atoms with E-state index in [0.29, 0.717) is 23.5 Å². The third-order valence-electron chi connectivity index (χ3n) is 5.24. The fourth-order valence-corrected chi connectivity index (χ4v) is 3.50. The zero-order valence-corrected chi connectivity index (χ0v) is 18.2. The highest BCUT2D eigenvalue weighted by molar-refractivity contribution is 5.92. The first kappa shape index (κ1) is 22.6. The van der Waals surface area contributed by atoms with Gasteiger partial charge in [0.15, 0.2) is 0 Å². The molecule has 0 aliphatic heterocycles. The third kappa shape index (κ3) is 5.24. The Morgan fingerprint density at radius 3 is 2.62 bits per heavy atom. The van der Waals surface area contributed by atoms with Gasteiger partial charge in [-0.25, -0.2) is 4.39 Å². The standard InChI is InChI=1S/C26H22FN5O2/c1-2-25(33)30-15-20-14-29-24(18-6-8-21(27)9-7-18)13-22(20)23-10-11-32(31-23)16-17-4-3-5-19(12-17)26(28)34/h2-14H,1,15-16H2,(H2,28,34)(H,30,33). The smallest absolute Gasteiger partial charge is 0.248 e. The van der Waals surface area contributed by atoms with Crippen LogP contribution in [0.15, 0.2) is 85.7 Å². The molecule has 2 heterocycles. The monoisotopic (exact) mass is 455 g/mol. The summed E-state index contributed by atoms with van der Waals surface area (Å²) in [6, 6.07) is 16.9. The van der Waals surface area contributed by atoms with E-state index in [1.54, 1.807) is 41.2 Å². The van der Waals surface area contributed by atoms with E-state index in [2.05, 4.69) is 22.0 Å². The lowest BCUT2D eigenvalue weighted by atomic mass is 10.0. The van der Waals surface area contributed by atoms with Gasteiger partial charge in [0.1, 0.15) is 5.82 Å². The number of carbonyl (C=O) groups excluding carboxylic acids is 2. The summed E-state index contributed by atoms with van der Waals surface area (Å²) in [5.41, 5.74) is 10.3. The Morgan fingerprint density at radius 1 is 1.09 bits per heavy atom. The Kier molecular flexibility index (Phi) is 6.59. The summed E-state index contributed by atoms with van der Waals surface area (Å²) in [6.45, 7) is 4.16. The van der Waals surface area contributed by atoms with Crippen LogP contribution in [-0.4, -0.2) is 26.6 Å². The maximum absolute atomic E-state index is 13.4. The Labute approximate surface area is 195 Å². The molecule has 0 aliphatic carbocycles. The van der Waals surface area contributed by atoms with E-state index in [0.717, 1.165) is 22.3 Å². The number of rotatable bonds is 8. The Morgan fingerprint density at radius 2 is 1.88 bits per heavy atom. The molecule has 34 heavy (non-hydrogen) atoms. The molecule has 0 atom stereocenters. The number of hydrogen-bond acceptors (Lipinski definition) is 4. The molecule has 2 aromatic heterocycles. The molecule has 8 heteroatoms. The maximum atomic E-state index is 13.4. The van der Waals surface area contributed by atoms with Crippen LogP contribution < -0.4 is 11.1 Å². The van der Waals surface area contributed by atoms with Gasteiger partial charge in [0, 0.05) is 35.6 Å². The van der Waals surface area contributed by atoms with Gasteiger partial charge in [0.2, 0.25) is 11.8 Å². The van der Waals surface area contributed by atoms with Gasteiger partial charge in [-0.15, -0.1) is 0 Å². The van der Waals surface area contributed by atoms with Crippen LogP contribution in [0.2, 0.25) is 0 Å². The van der Waals surface area contributed by atoms with Crippen molar-refractivity contribution in [2.45, 2.75) is 13.1 Å². The number of aromatic nitrogens is 3. The quantitative estimate of drug-likeness (QED) is 0.396. The minimum atomic E-state index is -0.487. The van der Waals surface area contributed by atoms with Crippen molar-refractivity contribution in [2.24, 2.45) is 5.73 Å². The van der Waals surface area contributed by atoms with Gasteiger partial charge in [-0.1, -0.05) is 18.7 Å². The Balaban J connectivity index is 1.67. The summed E-state index contributed by atoms with van der Waals surface area (Å²) in [5, 5.41) is 7.45. The van der Waals surface area contributed by atoms with Gasteiger partial charge in [-0.3, -0.25) is 19.3 Å². The van der Waals surface area contributed by atoms with Crippen molar-refractivity contribution in [2.75, 3.05) is 0 Å². The predicted molar refractivity (Wildman–Crippen MR) is 127 cm³/mol. The molecule has 4 aromatic rings. The second-order valence-electron chi connectivity index (χ2n) is 7.62. The first-order chi connectivity index (χ1) is 16.4. The number of nitrogens with two attached hydrogens (primary N) is 1. The van der Waals surface area contributed by atoms with Crippen LogP contribution >= 0.6 is 0 Å². The van der Waals surface area contributed by atoms with Crippen LogP contribution in [0.25, 0.3) is 22.5 Å². The Bertz CT molecular complexity index is 1360. The van der Waals surface area contributed by atoms with Crippen molar-refractivity contribution >= 4 is 11.8 Å². The number of hydrogen-bond donors (Lipinski definition) is 2. The lowest BCUT2D eigenvalue weighted by Crippen LogP contribution is -2.20. The Hall–Kier alpha value is -4.59. The molecule has 4 rings (SSSR count). The topological polar surface area (TPSA) is 103 Å². The van der Waals surface area contributed by atoms with Crippen LogP contribution in [0.4, 0.5) is 4.39 Å². The zero-order valence-electron chi connectivity index (χ0n) is 18.2. The van der Waals surface area contributed by atoms with Gasteiger partial charge in [-0.05, 0) is 65.7 Å². The van der Waals surface area contributed by atoms with Crippen molar-refractivity contribution in [1.29, 1.82) is 0 Å². The second-order valence-corrected chi connectivity index (χ2v) is 7.62. The molecule has 3 N–H and O–H groups in total. The van der Waals surface area contributed by atoms with Crippen LogP contribution in [0.5, 0.6) is 0 Å². The minimum Gasteiger partial charge on any atom is -0.366 e. The number of nitrogens with one attached hydrogen (secondary N) is 1. The summed E-state index contributed by atoms with van der Waals surface area (Å²) < 4.78 is 15.1. The van der Waals surface area contributed by atoms with Crippen LogP contribution in [0, 0.1) is 5.82 Å². The normalized spacial score (nSPS) is 10.6. The molecule has 2 amide bonds. The van der Waals surface area contributed by atoms with E-state index in [1.807, 2.05) is 24.4 Å². The van der Waals surface area contributed by atoms with E-state index in [1.165, 1.54) is 18.2 Å². The summed E-state index contributed by atoms with van der Waals surface area (Å²) in [5.74, 6) is -1.11. The maximum Gasteiger partial charge on any atom is 0.248 e. The summed E-state index contributed by atoms with van der Waals surface area (Å²) in [4.78, 5) is 27.7. The van der Waals surface area contributed by atoms with E-state index >= 15 is 0 Å². The van der Waals surface area contributed by atoms with Gasteiger partial charge in [0.25, 0.3) is 0 Å². The van der Waals surface area contributed by atoms with Gasteiger partial charge >= 0.3 is 0 Å². The summed E-state index contributed by atoms with van der Waals surface area (Å²) >= 11 is 0. The largest absolute Gasteiger partial charge is 0.366 e. The molecular formula is C26H22FN5O2. The number of pyridine rings is 1. The van der Waals surface area contributed by atoms with Crippen LogP contribution in [0.3, 0.4) is 0 Å². The molecular weight excluding hydrogens is 433 g/mol. The molecule has 7 nitrogen and oxygen atoms in total. The van der Waals surface area contributed by atoms with Crippen molar-refractivity contribution in [3.05, 3.63) is 108 Å². The first-order valence-corrected chi connectivity index (χ1v) is 10.5. The number of primary amides is 1. The van der Waals surface area contributed by atoms with Crippen molar-refractivity contribution in [1.82, 2.24) is 20.1 Å². The van der Waals surface area contributed by atoms with Crippen molar-refractivity contribution < 1.29 is 14.0 Å². The SMILES string of the molecule is C=CC(=O)NCc1cnc(-c2ccc(F)cc2)cc1-c1ccn(Cc2cccc(C(N)=O)c2)n1. The van der Waals surface area contributed by atoms with Gasteiger partial charge in [-0.2, -0.15) is 5.10 Å². The number of benzene rings is 2. The zero-order chi connectivity index (χ0) is 24.1. The molecule has 2 aromatic carbocycles. The number of nitrogens with zero attached hydrogens (tertiary/aromatic N) is 3. The van der Waals surface area contributed by atoms with E-state index in [4.69, 9.17) is 5.73 Å². The average Bonchev–Trinajstić information content (AvgIpc) is 3.31. The molecule has 0 unspecified atom stereocenters. The summed E-state index contributed by atoms with van der Waals surface area (Å²) in [6.07, 6.45) is 4.71. The van der Waals surface area contributed by atoms with E-state index < -0.39 is 5.91 Å². The van der Waals surface area contributed by atoms with Gasteiger partial charge < -0.3 is 11.1 Å².